The van der Waals surface area contributed by atoms with Crippen LogP contribution in [0.4, 0.5) is 10.1 Å². The van der Waals surface area contributed by atoms with Crippen molar-refractivity contribution in [1.29, 1.82) is 0 Å². The second kappa shape index (κ2) is 5.45. The van der Waals surface area contributed by atoms with Gasteiger partial charge in [-0.15, -0.1) is 0 Å². The molecule has 0 saturated carbocycles. The molecule has 0 fully saturated rings. The van der Waals surface area contributed by atoms with Gasteiger partial charge >= 0.3 is 0 Å². The van der Waals surface area contributed by atoms with Crippen molar-refractivity contribution in [3.63, 3.8) is 0 Å². The molecule has 1 aromatic rings. The molecule has 3 heteroatoms. The molecule has 0 atom stereocenters. The lowest BCUT2D eigenvalue weighted by Crippen LogP contribution is -2.06. The molecule has 0 radical (unpaired) electrons. The van der Waals surface area contributed by atoms with Crippen LogP contribution < -0.4 is 5.73 Å². The first-order valence-electron chi connectivity index (χ1n) is 5.27. The highest BCUT2D eigenvalue weighted by Crippen LogP contribution is 2.17. The van der Waals surface area contributed by atoms with Gasteiger partial charge < -0.3 is 5.73 Å². The van der Waals surface area contributed by atoms with Crippen molar-refractivity contribution in [2.24, 2.45) is 16.6 Å². The van der Waals surface area contributed by atoms with Gasteiger partial charge in [0.1, 0.15) is 5.82 Å². The number of nitrogens with two attached hydrogens (primary N) is 1. The Labute approximate surface area is 95.7 Å². The molecule has 0 aromatic heterocycles. The number of nitrogens with zero attached hydrogens (tertiary/aromatic N) is 1. The fraction of sp³-hybridized carbons (Fsp3) is 0.308. The number of halogens is 1. The van der Waals surface area contributed by atoms with E-state index in [9.17, 15) is 4.39 Å². The molecule has 0 aliphatic carbocycles. The molecule has 0 unspecified atom stereocenters. The van der Waals surface area contributed by atoms with Crippen LogP contribution >= 0.6 is 0 Å². The number of hydrogen-bond donors (Lipinski definition) is 1. The summed E-state index contributed by atoms with van der Waals surface area (Å²) in [5.74, 6) is 0.0734. The predicted octanol–water partition coefficient (Wildman–Crippen LogP) is 3.42. The van der Waals surface area contributed by atoms with Crippen molar-refractivity contribution in [2.45, 2.75) is 20.8 Å². The molecule has 0 aliphatic rings. The topological polar surface area (TPSA) is 38.4 Å². The monoisotopic (exact) mass is 220 g/mol. The number of hydrogen-bond acceptors (Lipinski definition) is 2. The first-order chi connectivity index (χ1) is 7.54. The van der Waals surface area contributed by atoms with E-state index in [1.807, 2.05) is 6.92 Å². The SMILES string of the molecule is CC(=Nc1ccc(F)cc1)/C(=C\N)C(C)C. The number of rotatable bonds is 3. The average molecular weight is 220 g/mol. The second-order valence-electron chi connectivity index (χ2n) is 3.95. The van der Waals surface area contributed by atoms with E-state index in [2.05, 4.69) is 18.8 Å². The molecular weight excluding hydrogens is 203 g/mol. The minimum atomic E-state index is -0.255. The Morgan fingerprint density at radius 1 is 1.31 bits per heavy atom. The summed E-state index contributed by atoms with van der Waals surface area (Å²) in [6.45, 7) is 6.02. The largest absolute Gasteiger partial charge is 0.404 e. The third-order valence-electron chi connectivity index (χ3n) is 2.34. The fourth-order valence-corrected chi connectivity index (χ4v) is 1.50. The summed E-state index contributed by atoms with van der Waals surface area (Å²) in [5, 5.41) is 0. The van der Waals surface area contributed by atoms with Gasteiger partial charge in [-0.05, 0) is 48.9 Å². The summed E-state index contributed by atoms with van der Waals surface area (Å²) in [5.41, 5.74) is 8.15. The van der Waals surface area contributed by atoms with Crippen LogP contribution in [0.15, 0.2) is 41.0 Å². The molecule has 0 amide bonds. The van der Waals surface area contributed by atoms with Crippen LogP contribution in [-0.4, -0.2) is 5.71 Å². The Morgan fingerprint density at radius 2 is 1.88 bits per heavy atom. The first kappa shape index (κ1) is 12.4. The Balaban J connectivity index is 2.96. The lowest BCUT2D eigenvalue weighted by atomic mass is 10.0. The molecule has 2 nitrogen and oxygen atoms in total. The third-order valence-corrected chi connectivity index (χ3v) is 2.34. The van der Waals surface area contributed by atoms with E-state index in [1.165, 1.54) is 12.1 Å². The quantitative estimate of drug-likeness (QED) is 0.779. The maximum Gasteiger partial charge on any atom is 0.123 e. The molecule has 86 valence electrons. The van der Waals surface area contributed by atoms with E-state index in [1.54, 1.807) is 18.3 Å². The van der Waals surface area contributed by atoms with E-state index >= 15 is 0 Å². The Kier molecular flexibility index (Phi) is 4.23. The number of aliphatic imine (C=N–C) groups is 1. The maximum atomic E-state index is 12.7. The van der Waals surface area contributed by atoms with Crippen LogP contribution in [0.5, 0.6) is 0 Å². The summed E-state index contributed by atoms with van der Waals surface area (Å²) in [4.78, 5) is 4.39. The normalized spacial score (nSPS) is 13.3. The summed E-state index contributed by atoms with van der Waals surface area (Å²) < 4.78 is 12.7. The van der Waals surface area contributed by atoms with Crippen molar-refractivity contribution in [3.8, 4) is 0 Å². The zero-order chi connectivity index (χ0) is 12.1. The summed E-state index contributed by atoms with van der Waals surface area (Å²) >= 11 is 0. The molecule has 0 heterocycles. The zero-order valence-electron chi connectivity index (χ0n) is 9.87. The van der Waals surface area contributed by atoms with E-state index < -0.39 is 0 Å². The highest BCUT2D eigenvalue weighted by atomic mass is 19.1. The second-order valence-corrected chi connectivity index (χ2v) is 3.95. The Morgan fingerprint density at radius 3 is 2.31 bits per heavy atom. The Bertz CT molecular complexity index is 402. The van der Waals surface area contributed by atoms with Crippen LogP contribution in [0.3, 0.4) is 0 Å². The van der Waals surface area contributed by atoms with Gasteiger partial charge in [-0.1, -0.05) is 13.8 Å². The molecule has 16 heavy (non-hydrogen) atoms. The molecule has 0 bridgehead atoms. The van der Waals surface area contributed by atoms with E-state index in [-0.39, 0.29) is 5.82 Å². The van der Waals surface area contributed by atoms with Crippen molar-refractivity contribution in [3.05, 3.63) is 41.9 Å². The van der Waals surface area contributed by atoms with Crippen molar-refractivity contribution >= 4 is 11.4 Å². The van der Waals surface area contributed by atoms with Gasteiger partial charge in [0, 0.05) is 5.71 Å². The smallest absolute Gasteiger partial charge is 0.123 e. The van der Waals surface area contributed by atoms with Gasteiger partial charge in [0.2, 0.25) is 0 Å². The van der Waals surface area contributed by atoms with Crippen LogP contribution in [0, 0.1) is 11.7 Å². The van der Waals surface area contributed by atoms with E-state index in [0.717, 1.165) is 17.0 Å². The molecule has 1 rings (SSSR count). The fourth-order valence-electron chi connectivity index (χ4n) is 1.50. The molecule has 0 spiro atoms. The minimum absolute atomic E-state index is 0.255. The predicted molar refractivity (Wildman–Crippen MR) is 66.3 cm³/mol. The van der Waals surface area contributed by atoms with E-state index in [0.29, 0.717) is 5.92 Å². The standard InChI is InChI=1S/C13H17FN2/c1-9(2)13(8-15)10(3)16-12-6-4-11(14)5-7-12/h4-9H,15H2,1-3H3/b13-8-,16-10?. The number of benzene rings is 1. The highest BCUT2D eigenvalue weighted by molar-refractivity contribution is 5.99. The van der Waals surface area contributed by atoms with Gasteiger partial charge in [0.25, 0.3) is 0 Å². The summed E-state index contributed by atoms with van der Waals surface area (Å²) in [6, 6.07) is 6.08. The lowest BCUT2D eigenvalue weighted by molar-refractivity contribution is 0.628. The average Bonchev–Trinajstić information content (AvgIpc) is 2.22. The van der Waals surface area contributed by atoms with Gasteiger partial charge in [0.15, 0.2) is 0 Å². The van der Waals surface area contributed by atoms with Gasteiger partial charge in [-0.25, -0.2) is 4.39 Å². The lowest BCUT2D eigenvalue weighted by Gasteiger charge is -2.09. The molecular formula is C13H17FN2. The molecule has 2 N–H and O–H groups in total. The summed E-state index contributed by atoms with van der Waals surface area (Å²) in [7, 11) is 0. The number of allylic oxidation sites excluding steroid dienone is 1. The first-order valence-corrected chi connectivity index (χ1v) is 5.27. The molecule has 0 aliphatic heterocycles. The summed E-state index contributed by atoms with van der Waals surface area (Å²) in [6.07, 6.45) is 1.58. The van der Waals surface area contributed by atoms with Crippen molar-refractivity contribution in [2.75, 3.05) is 0 Å². The van der Waals surface area contributed by atoms with Crippen LogP contribution in [-0.2, 0) is 0 Å². The van der Waals surface area contributed by atoms with Gasteiger partial charge in [-0.2, -0.15) is 0 Å². The minimum Gasteiger partial charge on any atom is -0.404 e. The van der Waals surface area contributed by atoms with Crippen LogP contribution in [0.2, 0.25) is 0 Å². The third kappa shape index (κ3) is 3.19. The molecule has 1 aromatic carbocycles. The molecule has 0 saturated heterocycles. The van der Waals surface area contributed by atoms with Gasteiger partial charge in [-0.3, -0.25) is 4.99 Å². The zero-order valence-corrected chi connectivity index (χ0v) is 9.87. The van der Waals surface area contributed by atoms with Crippen LogP contribution in [0.25, 0.3) is 0 Å². The van der Waals surface area contributed by atoms with Crippen molar-refractivity contribution in [1.82, 2.24) is 0 Å². The Hall–Kier alpha value is -1.64. The van der Waals surface area contributed by atoms with Gasteiger partial charge in [0.05, 0.1) is 5.69 Å². The van der Waals surface area contributed by atoms with Crippen molar-refractivity contribution < 1.29 is 4.39 Å². The van der Waals surface area contributed by atoms with E-state index in [4.69, 9.17) is 5.73 Å². The van der Waals surface area contributed by atoms with Crippen LogP contribution in [0.1, 0.15) is 20.8 Å². The maximum absolute atomic E-state index is 12.7. The highest BCUT2D eigenvalue weighted by Gasteiger charge is 2.06.